The van der Waals surface area contributed by atoms with E-state index < -0.39 is 5.97 Å². The molecule has 1 aromatic heterocycles. The summed E-state index contributed by atoms with van der Waals surface area (Å²) >= 11 is 1.57. The van der Waals surface area contributed by atoms with E-state index in [1.165, 1.54) is 19.3 Å². The fourth-order valence-corrected chi connectivity index (χ4v) is 6.96. The molecular weight excluding hydrogens is 593 g/mol. The molecule has 0 bridgehead atoms. The molecule has 1 aliphatic carbocycles. The van der Waals surface area contributed by atoms with Gasteiger partial charge in [-0.15, -0.1) is 11.3 Å². The van der Waals surface area contributed by atoms with Gasteiger partial charge in [0.2, 0.25) is 5.91 Å². The second-order valence-corrected chi connectivity index (χ2v) is 13.1. The molecule has 0 unspecified atom stereocenters. The monoisotopic (exact) mass is 634 g/mol. The Morgan fingerprint density at radius 3 is 2.28 bits per heavy atom. The van der Waals surface area contributed by atoms with Crippen LogP contribution < -0.4 is 10.1 Å². The number of allylic oxidation sites excluding steroid dienone is 2. The fraction of sp³-hybridized carbons (Fsp3) is 0.308. The Hall–Kier alpha value is -4.49. The van der Waals surface area contributed by atoms with Crippen LogP contribution in [0.1, 0.15) is 80.2 Å². The number of rotatable bonds is 13. The Bertz CT molecular complexity index is 1650. The topological polar surface area (TPSA) is 88.5 Å². The third kappa shape index (κ3) is 9.51. The van der Waals surface area contributed by atoms with E-state index >= 15 is 0 Å². The third-order valence-electron chi connectivity index (χ3n) is 8.30. The summed E-state index contributed by atoms with van der Waals surface area (Å²) in [5.74, 6) is 0.326. The van der Waals surface area contributed by atoms with Gasteiger partial charge in [-0.2, -0.15) is 0 Å². The molecule has 0 aliphatic heterocycles. The van der Waals surface area contributed by atoms with Gasteiger partial charge >= 0.3 is 5.97 Å². The van der Waals surface area contributed by atoms with E-state index in [0.717, 1.165) is 56.4 Å². The maximum absolute atomic E-state index is 13.5. The van der Waals surface area contributed by atoms with Crippen LogP contribution in [0.3, 0.4) is 0 Å². The lowest BCUT2D eigenvalue weighted by Crippen LogP contribution is -2.31. The molecule has 1 saturated carbocycles. The number of thiazole rings is 1. The molecule has 0 spiro atoms. The zero-order valence-corrected chi connectivity index (χ0v) is 27.4. The second-order valence-electron chi connectivity index (χ2n) is 12.1. The van der Waals surface area contributed by atoms with Crippen molar-refractivity contribution in [2.45, 2.75) is 71.4 Å². The van der Waals surface area contributed by atoms with E-state index in [4.69, 9.17) is 9.72 Å². The number of ether oxygens (including phenoxy) is 1. The van der Waals surface area contributed by atoms with Gasteiger partial charge in [-0.3, -0.25) is 4.79 Å². The van der Waals surface area contributed by atoms with Crippen LogP contribution in [0, 0.1) is 5.92 Å². The number of hydrogen-bond donors (Lipinski definition) is 2. The zero-order valence-electron chi connectivity index (χ0n) is 26.6. The van der Waals surface area contributed by atoms with Crippen molar-refractivity contribution in [1.82, 2.24) is 10.3 Å². The van der Waals surface area contributed by atoms with Gasteiger partial charge in [-0.25, -0.2) is 9.78 Å². The van der Waals surface area contributed by atoms with Crippen molar-refractivity contribution in [2.75, 3.05) is 0 Å². The van der Waals surface area contributed by atoms with Crippen LogP contribution >= 0.6 is 11.3 Å². The SMILES string of the molecule is C/C(=C/C(C)=C/c1nc([C@H](Cc2ccc(OCc3ccccc3)cc2)NC(=O)CC2CCCCC2)sc1-c1ccccc1)C(=O)O. The number of nitrogens with one attached hydrogen (secondary N) is 1. The summed E-state index contributed by atoms with van der Waals surface area (Å²) in [7, 11) is 0. The highest BCUT2D eigenvalue weighted by Gasteiger charge is 2.24. The summed E-state index contributed by atoms with van der Waals surface area (Å²) in [6, 6.07) is 27.9. The average molecular weight is 635 g/mol. The number of aliphatic carboxylic acids is 1. The molecule has 2 N–H and O–H groups in total. The summed E-state index contributed by atoms with van der Waals surface area (Å²) in [4.78, 5) is 31.0. The number of hydrogen-bond acceptors (Lipinski definition) is 5. The highest BCUT2D eigenvalue weighted by atomic mass is 32.1. The van der Waals surface area contributed by atoms with Crippen LogP contribution in [0.4, 0.5) is 0 Å². The van der Waals surface area contributed by atoms with Gasteiger partial charge in [-0.05, 0) is 85.6 Å². The number of aromatic nitrogens is 1. The molecule has 0 saturated heterocycles. The van der Waals surface area contributed by atoms with Crippen LogP contribution in [-0.2, 0) is 22.6 Å². The van der Waals surface area contributed by atoms with Gasteiger partial charge in [0.1, 0.15) is 17.4 Å². The first-order valence-electron chi connectivity index (χ1n) is 16.0. The molecule has 6 nitrogen and oxygen atoms in total. The van der Waals surface area contributed by atoms with Crippen molar-refractivity contribution in [3.05, 3.63) is 124 Å². The van der Waals surface area contributed by atoms with Gasteiger partial charge < -0.3 is 15.2 Å². The highest BCUT2D eigenvalue weighted by molar-refractivity contribution is 7.15. The number of carbonyl (C=O) groups is 2. The largest absolute Gasteiger partial charge is 0.489 e. The minimum absolute atomic E-state index is 0.0597. The Morgan fingerprint density at radius 1 is 0.935 bits per heavy atom. The third-order valence-corrected chi connectivity index (χ3v) is 9.53. The maximum atomic E-state index is 13.5. The molecular formula is C39H42N2O4S. The molecule has 0 radical (unpaired) electrons. The van der Waals surface area contributed by atoms with Gasteiger partial charge in [0.05, 0.1) is 16.6 Å². The second kappa shape index (κ2) is 16.2. The van der Waals surface area contributed by atoms with E-state index in [-0.39, 0.29) is 17.5 Å². The Labute approximate surface area is 275 Å². The van der Waals surface area contributed by atoms with Crippen molar-refractivity contribution in [1.29, 1.82) is 0 Å². The van der Waals surface area contributed by atoms with Crippen LogP contribution in [0.15, 0.2) is 102 Å². The van der Waals surface area contributed by atoms with E-state index in [2.05, 4.69) is 17.4 Å². The van der Waals surface area contributed by atoms with Gasteiger partial charge in [-0.1, -0.05) is 92.1 Å². The average Bonchev–Trinajstić information content (AvgIpc) is 3.48. The molecule has 3 aromatic carbocycles. The molecule has 5 rings (SSSR count). The molecule has 7 heteroatoms. The normalized spacial score (nSPS) is 14.9. The van der Waals surface area contributed by atoms with Gasteiger partial charge in [0, 0.05) is 12.0 Å². The number of carboxylic acids is 1. The van der Waals surface area contributed by atoms with Crippen LogP contribution in [0.5, 0.6) is 5.75 Å². The summed E-state index contributed by atoms with van der Waals surface area (Å²) < 4.78 is 6.01. The van der Waals surface area contributed by atoms with Crippen LogP contribution in [-0.4, -0.2) is 22.0 Å². The van der Waals surface area contributed by atoms with E-state index in [0.29, 0.717) is 25.4 Å². The lowest BCUT2D eigenvalue weighted by molar-refractivity contribution is -0.132. The standard InChI is InChI=1S/C39H42N2O4S/c1-27(22-28(2)39(43)44)23-34-37(32-16-10-5-11-17-32)46-38(41-34)35(40-36(42)25-29-12-6-3-7-13-29)24-30-18-20-33(21-19-30)45-26-31-14-8-4-9-15-31/h4-5,8-11,14-23,29,35H,3,6-7,12-13,24-26H2,1-2H3,(H,40,42)(H,43,44)/b27-23+,28-22-/t35-/m0/s1. The molecule has 238 valence electrons. The van der Waals surface area contributed by atoms with Gasteiger partial charge in [0.15, 0.2) is 0 Å². The first-order chi connectivity index (χ1) is 22.3. The van der Waals surface area contributed by atoms with Crippen molar-refractivity contribution in [2.24, 2.45) is 5.92 Å². The summed E-state index contributed by atoms with van der Waals surface area (Å²) in [5.41, 5.74) is 5.01. The molecule has 46 heavy (non-hydrogen) atoms. The number of benzene rings is 3. The highest BCUT2D eigenvalue weighted by Crippen LogP contribution is 2.36. The molecule has 1 aliphatic rings. The Balaban J connectivity index is 1.43. The van der Waals surface area contributed by atoms with Gasteiger partial charge in [0.25, 0.3) is 0 Å². The van der Waals surface area contributed by atoms with Crippen molar-refractivity contribution in [3.8, 4) is 16.2 Å². The van der Waals surface area contributed by atoms with Crippen molar-refractivity contribution in [3.63, 3.8) is 0 Å². The Morgan fingerprint density at radius 2 is 1.61 bits per heavy atom. The molecule has 1 heterocycles. The smallest absolute Gasteiger partial charge is 0.331 e. The minimum atomic E-state index is -0.952. The number of carboxylic acid groups (broad SMARTS) is 1. The van der Waals surface area contributed by atoms with Crippen molar-refractivity contribution >= 4 is 29.3 Å². The summed E-state index contributed by atoms with van der Waals surface area (Å²) in [6.07, 6.45) is 10.5. The van der Waals surface area contributed by atoms with Crippen LogP contribution in [0.2, 0.25) is 0 Å². The van der Waals surface area contributed by atoms with E-state index in [1.807, 2.05) is 85.8 Å². The number of carbonyl (C=O) groups excluding carboxylic acids is 1. The zero-order chi connectivity index (χ0) is 32.3. The molecule has 1 fully saturated rings. The predicted molar refractivity (Wildman–Crippen MR) is 186 cm³/mol. The summed E-state index contributed by atoms with van der Waals surface area (Å²) in [6.45, 7) is 3.96. The fourth-order valence-electron chi connectivity index (χ4n) is 5.86. The molecule has 1 amide bonds. The quantitative estimate of drug-likeness (QED) is 0.113. The summed E-state index contributed by atoms with van der Waals surface area (Å²) in [5, 5.41) is 13.6. The van der Waals surface area contributed by atoms with E-state index in [1.54, 1.807) is 24.3 Å². The van der Waals surface area contributed by atoms with E-state index in [9.17, 15) is 14.7 Å². The predicted octanol–water partition coefficient (Wildman–Crippen LogP) is 9.19. The maximum Gasteiger partial charge on any atom is 0.331 e. The van der Waals surface area contributed by atoms with Crippen molar-refractivity contribution < 1.29 is 19.4 Å². The number of nitrogens with zero attached hydrogens (tertiary/aromatic N) is 1. The lowest BCUT2D eigenvalue weighted by atomic mass is 9.87. The minimum Gasteiger partial charge on any atom is -0.489 e. The first kappa shape index (κ1) is 32.9. The Kier molecular flexibility index (Phi) is 11.6. The first-order valence-corrected chi connectivity index (χ1v) is 16.9. The lowest BCUT2D eigenvalue weighted by Gasteiger charge is -2.23. The molecule has 4 aromatic rings. The van der Waals surface area contributed by atoms with Crippen LogP contribution in [0.25, 0.3) is 16.5 Å². The number of amides is 1. The molecule has 1 atom stereocenters.